The van der Waals surface area contributed by atoms with Gasteiger partial charge < -0.3 is 5.32 Å². The summed E-state index contributed by atoms with van der Waals surface area (Å²) in [4.78, 5) is 18.0. The van der Waals surface area contributed by atoms with Gasteiger partial charge in [0.2, 0.25) is 5.91 Å². The molecule has 1 aliphatic carbocycles. The van der Waals surface area contributed by atoms with Crippen molar-refractivity contribution in [2.24, 2.45) is 5.41 Å². The number of rotatable bonds is 6. The van der Waals surface area contributed by atoms with Crippen LogP contribution >= 0.6 is 11.3 Å². The number of thiazole rings is 1. The number of carbonyl (C=O) groups excluding carboxylic acids is 1. The maximum absolute atomic E-state index is 12.6. The van der Waals surface area contributed by atoms with Crippen LogP contribution < -0.4 is 5.32 Å². The molecule has 1 fully saturated rings. The van der Waals surface area contributed by atoms with Gasteiger partial charge in [0, 0.05) is 16.5 Å². The Morgan fingerprint density at radius 3 is 2.68 bits per heavy atom. The lowest BCUT2D eigenvalue weighted by molar-refractivity contribution is -0.127. The highest BCUT2D eigenvalue weighted by Gasteiger charge is 2.49. The van der Waals surface area contributed by atoms with Gasteiger partial charge in [-0.2, -0.15) is 0 Å². The van der Waals surface area contributed by atoms with E-state index >= 15 is 0 Å². The summed E-state index contributed by atoms with van der Waals surface area (Å²) in [6.07, 6.45) is 5.81. The summed E-state index contributed by atoms with van der Waals surface area (Å²) in [6, 6.07) is 10.5. The summed E-state index contributed by atoms with van der Waals surface area (Å²) in [5, 5.41) is 4.22. The molecule has 116 valence electrons. The third-order valence-corrected chi connectivity index (χ3v) is 5.58. The Balaban J connectivity index is 1.57. The van der Waals surface area contributed by atoms with Crippen LogP contribution in [0.2, 0.25) is 0 Å². The fraction of sp³-hybridized carbons (Fsp3) is 0.444. The van der Waals surface area contributed by atoms with Crippen LogP contribution in [0.3, 0.4) is 0 Å². The second-order valence-corrected chi connectivity index (χ2v) is 7.51. The van der Waals surface area contributed by atoms with Crippen LogP contribution in [0.1, 0.15) is 47.7 Å². The van der Waals surface area contributed by atoms with Gasteiger partial charge in [-0.25, -0.2) is 4.98 Å². The first-order valence-corrected chi connectivity index (χ1v) is 8.68. The largest absolute Gasteiger partial charge is 0.348 e. The molecule has 0 aliphatic heterocycles. The van der Waals surface area contributed by atoms with Gasteiger partial charge in [-0.15, -0.1) is 11.3 Å². The zero-order valence-electron chi connectivity index (χ0n) is 13.1. The molecule has 1 unspecified atom stereocenters. The molecule has 1 atom stereocenters. The molecule has 1 aliphatic rings. The fourth-order valence-electron chi connectivity index (χ4n) is 2.77. The smallest absolute Gasteiger partial charge is 0.226 e. The molecule has 1 N–H and O–H groups in total. The van der Waals surface area contributed by atoms with Crippen LogP contribution in [-0.2, 0) is 11.2 Å². The number of nitrogens with zero attached hydrogens (tertiary/aromatic N) is 1. The molecular formula is C18H22N2OS. The zero-order valence-corrected chi connectivity index (χ0v) is 14.0. The molecule has 4 heteroatoms. The second-order valence-electron chi connectivity index (χ2n) is 6.24. The van der Waals surface area contributed by atoms with E-state index in [1.54, 1.807) is 11.3 Å². The first-order valence-electron chi connectivity index (χ1n) is 7.86. The highest BCUT2D eigenvalue weighted by Crippen LogP contribution is 2.50. The molecule has 1 heterocycles. The van der Waals surface area contributed by atoms with Crippen molar-refractivity contribution in [1.82, 2.24) is 10.3 Å². The van der Waals surface area contributed by atoms with E-state index < -0.39 is 0 Å². The lowest BCUT2D eigenvalue weighted by Gasteiger charge is -2.19. The molecule has 1 aromatic heterocycles. The van der Waals surface area contributed by atoms with Crippen LogP contribution in [0, 0.1) is 12.3 Å². The molecule has 0 bridgehead atoms. The maximum atomic E-state index is 12.6. The summed E-state index contributed by atoms with van der Waals surface area (Å²) in [5.74, 6) is 0.210. The quantitative estimate of drug-likeness (QED) is 0.874. The van der Waals surface area contributed by atoms with E-state index in [2.05, 4.69) is 34.6 Å². The van der Waals surface area contributed by atoms with Gasteiger partial charge in [-0.3, -0.25) is 4.79 Å². The molecule has 1 amide bonds. The SMILES string of the molecule is Cc1ncc(C(C)NC(=O)C2(CCc3ccccc3)CC2)s1. The van der Waals surface area contributed by atoms with Crippen molar-refractivity contribution in [3.05, 3.63) is 52.0 Å². The summed E-state index contributed by atoms with van der Waals surface area (Å²) in [7, 11) is 0. The van der Waals surface area contributed by atoms with Crippen molar-refractivity contribution < 1.29 is 4.79 Å². The van der Waals surface area contributed by atoms with E-state index in [0.717, 1.165) is 35.6 Å². The minimum absolute atomic E-state index is 0.0490. The van der Waals surface area contributed by atoms with Gasteiger partial charge >= 0.3 is 0 Å². The van der Waals surface area contributed by atoms with Crippen LogP contribution in [0.4, 0.5) is 0 Å². The molecule has 0 radical (unpaired) electrons. The summed E-state index contributed by atoms with van der Waals surface area (Å²) in [6.45, 7) is 4.03. The van der Waals surface area contributed by atoms with E-state index in [-0.39, 0.29) is 17.4 Å². The standard InChI is InChI=1S/C18H22N2OS/c1-13(16-12-19-14(2)22-16)20-17(21)18(10-11-18)9-8-15-6-4-3-5-7-15/h3-7,12-13H,8-11H2,1-2H3,(H,20,21). The number of aromatic nitrogens is 1. The van der Waals surface area contributed by atoms with E-state index in [9.17, 15) is 4.79 Å². The molecule has 3 nitrogen and oxygen atoms in total. The zero-order chi connectivity index (χ0) is 15.6. The average molecular weight is 314 g/mol. The number of benzene rings is 1. The predicted molar refractivity (Wildman–Crippen MR) is 89.8 cm³/mol. The molecule has 1 aromatic carbocycles. The molecular weight excluding hydrogens is 292 g/mol. The Bertz CT molecular complexity index is 646. The Morgan fingerprint density at radius 2 is 2.09 bits per heavy atom. The molecule has 1 saturated carbocycles. The summed E-state index contributed by atoms with van der Waals surface area (Å²) < 4.78 is 0. The number of hydrogen-bond donors (Lipinski definition) is 1. The normalized spacial score (nSPS) is 17.0. The topological polar surface area (TPSA) is 42.0 Å². The number of carbonyl (C=O) groups is 1. The van der Waals surface area contributed by atoms with Crippen LogP contribution in [-0.4, -0.2) is 10.9 Å². The predicted octanol–water partition coefficient (Wildman–Crippen LogP) is 4.04. The number of hydrogen-bond acceptors (Lipinski definition) is 3. The van der Waals surface area contributed by atoms with Crippen LogP contribution in [0.25, 0.3) is 0 Å². The van der Waals surface area contributed by atoms with Crippen molar-refractivity contribution >= 4 is 17.2 Å². The minimum atomic E-state index is -0.135. The molecule has 0 spiro atoms. The first-order chi connectivity index (χ1) is 10.6. The average Bonchev–Trinajstić information content (AvgIpc) is 3.20. The van der Waals surface area contributed by atoms with E-state index in [4.69, 9.17) is 0 Å². The second kappa shape index (κ2) is 6.21. The first kappa shape index (κ1) is 15.2. The Labute approximate surface area is 135 Å². The summed E-state index contributed by atoms with van der Waals surface area (Å²) >= 11 is 1.65. The summed E-state index contributed by atoms with van der Waals surface area (Å²) in [5.41, 5.74) is 1.18. The van der Waals surface area contributed by atoms with Crippen molar-refractivity contribution in [2.45, 2.75) is 45.6 Å². The van der Waals surface area contributed by atoms with Gasteiger partial charge in [0.15, 0.2) is 0 Å². The molecule has 0 saturated heterocycles. The van der Waals surface area contributed by atoms with E-state index in [1.165, 1.54) is 5.56 Å². The third kappa shape index (κ3) is 3.38. The number of nitrogens with one attached hydrogen (secondary N) is 1. The monoisotopic (exact) mass is 314 g/mol. The lowest BCUT2D eigenvalue weighted by Crippen LogP contribution is -2.34. The van der Waals surface area contributed by atoms with Crippen molar-refractivity contribution in [1.29, 1.82) is 0 Å². The Kier molecular flexibility index (Phi) is 4.30. The maximum Gasteiger partial charge on any atom is 0.226 e. The highest BCUT2D eigenvalue weighted by atomic mass is 32.1. The minimum Gasteiger partial charge on any atom is -0.348 e. The van der Waals surface area contributed by atoms with Crippen molar-refractivity contribution in [3.63, 3.8) is 0 Å². The molecule has 3 rings (SSSR count). The molecule has 2 aromatic rings. The van der Waals surface area contributed by atoms with Gasteiger partial charge in [-0.05, 0) is 45.1 Å². The Hall–Kier alpha value is -1.68. The molecule has 22 heavy (non-hydrogen) atoms. The van der Waals surface area contributed by atoms with Gasteiger partial charge in [0.1, 0.15) is 0 Å². The Morgan fingerprint density at radius 1 is 1.36 bits per heavy atom. The highest BCUT2D eigenvalue weighted by molar-refractivity contribution is 7.11. The van der Waals surface area contributed by atoms with Crippen LogP contribution in [0.15, 0.2) is 36.5 Å². The third-order valence-electron chi connectivity index (χ3n) is 4.48. The van der Waals surface area contributed by atoms with E-state index in [0.29, 0.717) is 0 Å². The number of amides is 1. The van der Waals surface area contributed by atoms with Gasteiger partial charge in [0.05, 0.1) is 11.0 Å². The van der Waals surface area contributed by atoms with Gasteiger partial charge in [0.25, 0.3) is 0 Å². The van der Waals surface area contributed by atoms with Gasteiger partial charge in [-0.1, -0.05) is 30.3 Å². The fourth-order valence-corrected chi connectivity index (χ4v) is 3.56. The van der Waals surface area contributed by atoms with Crippen molar-refractivity contribution in [3.8, 4) is 0 Å². The lowest BCUT2D eigenvalue weighted by atomic mass is 9.95. The van der Waals surface area contributed by atoms with Crippen molar-refractivity contribution in [2.75, 3.05) is 0 Å². The number of aryl methyl sites for hydroxylation is 2. The van der Waals surface area contributed by atoms with E-state index in [1.807, 2.05) is 26.1 Å². The van der Waals surface area contributed by atoms with Crippen LogP contribution in [0.5, 0.6) is 0 Å².